The van der Waals surface area contributed by atoms with Gasteiger partial charge in [-0.2, -0.15) is 0 Å². The zero-order valence-corrected chi connectivity index (χ0v) is 16.5. The van der Waals surface area contributed by atoms with E-state index < -0.39 is 0 Å². The van der Waals surface area contributed by atoms with Gasteiger partial charge in [0.15, 0.2) is 11.5 Å². The lowest BCUT2D eigenvalue weighted by Crippen LogP contribution is -2.16. The molecule has 2 aromatic rings. The van der Waals surface area contributed by atoms with Crippen molar-refractivity contribution >= 4 is 5.97 Å². The Morgan fingerprint density at radius 2 is 1.82 bits per heavy atom. The van der Waals surface area contributed by atoms with Crippen molar-refractivity contribution in [2.45, 2.75) is 32.5 Å². The van der Waals surface area contributed by atoms with E-state index in [0.717, 1.165) is 30.6 Å². The van der Waals surface area contributed by atoms with Crippen molar-refractivity contribution in [1.29, 1.82) is 0 Å². The van der Waals surface area contributed by atoms with Gasteiger partial charge >= 0.3 is 5.97 Å². The molecule has 2 aromatic carbocycles. The van der Waals surface area contributed by atoms with Crippen molar-refractivity contribution < 1.29 is 28.5 Å². The second-order valence-corrected chi connectivity index (χ2v) is 6.68. The molecule has 1 heterocycles. The molecule has 0 unspecified atom stereocenters. The van der Waals surface area contributed by atoms with Crippen LogP contribution in [0.3, 0.4) is 0 Å². The summed E-state index contributed by atoms with van der Waals surface area (Å²) in [5.74, 6) is 1.57. The topological polar surface area (TPSA) is 63.2 Å². The van der Waals surface area contributed by atoms with Gasteiger partial charge in [-0.25, -0.2) is 4.79 Å². The number of ether oxygens (including phenoxy) is 5. The van der Waals surface area contributed by atoms with E-state index in [1.165, 1.54) is 0 Å². The van der Waals surface area contributed by atoms with E-state index in [0.29, 0.717) is 29.4 Å². The van der Waals surface area contributed by atoms with Crippen LogP contribution in [0.25, 0.3) is 0 Å². The zero-order chi connectivity index (χ0) is 19.9. The molecule has 1 atom stereocenters. The molecule has 1 saturated heterocycles. The van der Waals surface area contributed by atoms with E-state index in [9.17, 15) is 4.79 Å². The van der Waals surface area contributed by atoms with Crippen LogP contribution in [0.4, 0.5) is 0 Å². The van der Waals surface area contributed by atoms with Gasteiger partial charge in [-0.1, -0.05) is 0 Å². The lowest BCUT2D eigenvalue weighted by atomic mass is 10.1. The Morgan fingerprint density at radius 1 is 1.11 bits per heavy atom. The lowest BCUT2D eigenvalue weighted by molar-refractivity contribution is 0.0471. The summed E-state index contributed by atoms with van der Waals surface area (Å²) in [6.45, 7) is 3.42. The first-order valence-electron chi connectivity index (χ1n) is 9.33. The molecule has 0 saturated carbocycles. The SMILES string of the molecule is COc1cc(C)c(COC(=O)c2ccc(OC[C@H]3CCCO3)cc2)cc1OC. The molecule has 28 heavy (non-hydrogen) atoms. The molecular formula is C22H26O6. The molecule has 0 amide bonds. The molecular weight excluding hydrogens is 360 g/mol. The van der Waals surface area contributed by atoms with Gasteiger partial charge in [-0.15, -0.1) is 0 Å². The maximum Gasteiger partial charge on any atom is 0.338 e. The first-order valence-corrected chi connectivity index (χ1v) is 9.33. The predicted octanol–water partition coefficient (Wildman–Crippen LogP) is 3.93. The van der Waals surface area contributed by atoms with Crippen LogP contribution in [0.1, 0.15) is 34.3 Å². The van der Waals surface area contributed by atoms with Crippen molar-refractivity contribution in [3.8, 4) is 17.2 Å². The van der Waals surface area contributed by atoms with E-state index in [-0.39, 0.29) is 18.7 Å². The lowest BCUT2D eigenvalue weighted by Gasteiger charge is -2.13. The number of esters is 1. The summed E-state index contributed by atoms with van der Waals surface area (Å²) in [5.41, 5.74) is 2.30. The standard InChI is InChI=1S/C22H26O6/c1-15-11-20(24-2)21(25-3)12-17(15)13-28-22(23)16-6-8-18(9-7-16)27-14-19-5-4-10-26-19/h6-9,11-12,19H,4-5,10,13-14H2,1-3H3/t19-/m1/s1. The number of carbonyl (C=O) groups excluding carboxylic acids is 1. The minimum absolute atomic E-state index is 0.155. The summed E-state index contributed by atoms with van der Waals surface area (Å²) in [7, 11) is 3.16. The van der Waals surface area contributed by atoms with Gasteiger partial charge in [0.1, 0.15) is 19.0 Å². The van der Waals surface area contributed by atoms with Crippen LogP contribution in [0.5, 0.6) is 17.2 Å². The molecule has 1 aliphatic heterocycles. The van der Waals surface area contributed by atoms with Crippen molar-refractivity contribution in [3.63, 3.8) is 0 Å². The Balaban J connectivity index is 1.56. The van der Waals surface area contributed by atoms with Crippen LogP contribution in [0, 0.1) is 6.92 Å². The van der Waals surface area contributed by atoms with Gasteiger partial charge in [0, 0.05) is 6.61 Å². The number of aryl methyl sites for hydroxylation is 1. The highest BCUT2D eigenvalue weighted by Gasteiger charge is 2.16. The largest absolute Gasteiger partial charge is 0.493 e. The third kappa shape index (κ3) is 4.95. The van der Waals surface area contributed by atoms with E-state index >= 15 is 0 Å². The average Bonchev–Trinajstić information content (AvgIpc) is 3.25. The molecule has 0 aromatic heterocycles. The number of benzene rings is 2. The van der Waals surface area contributed by atoms with Gasteiger partial charge in [-0.05, 0) is 67.3 Å². The number of rotatable bonds is 8. The number of hydrogen-bond donors (Lipinski definition) is 0. The molecule has 0 aliphatic carbocycles. The van der Waals surface area contributed by atoms with E-state index in [4.69, 9.17) is 23.7 Å². The first-order chi connectivity index (χ1) is 13.6. The average molecular weight is 386 g/mol. The quantitative estimate of drug-likeness (QED) is 0.641. The Morgan fingerprint density at radius 3 is 2.46 bits per heavy atom. The van der Waals surface area contributed by atoms with Crippen LogP contribution < -0.4 is 14.2 Å². The Hall–Kier alpha value is -2.73. The molecule has 0 bridgehead atoms. The van der Waals surface area contributed by atoms with Crippen LogP contribution in [-0.2, 0) is 16.1 Å². The Kier molecular flexibility index (Phi) is 6.76. The molecule has 6 nitrogen and oxygen atoms in total. The van der Waals surface area contributed by atoms with E-state index in [2.05, 4.69) is 0 Å². The third-order valence-electron chi connectivity index (χ3n) is 4.75. The maximum atomic E-state index is 12.3. The Bertz CT molecular complexity index is 793. The normalized spacial score (nSPS) is 15.9. The molecule has 1 fully saturated rings. The van der Waals surface area contributed by atoms with Gasteiger partial charge in [0.2, 0.25) is 0 Å². The molecule has 0 spiro atoms. The van der Waals surface area contributed by atoms with Gasteiger partial charge in [0.25, 0.3) is 0 Å². The maximum absolute atomic E-state index is 12.3. The van der Waals surface area contributed by atoms with Crippen LogP contribution in [0.2, 0.25) is 0 Å². The highest BCUT2D eigenvalue weighted by molar-refractivity contribution is 5.89. The predicted molar refractivity (Wildman–Crippen MR) is 104 cm³/mol. The third-order valence-corrected chi connectivity index (χ3v) is 4.75. The van der Waals surface area contributed by atoms with Crippen molar-refractivity contribution in [2.75, 3.05) is 27.4 Å². The van der Waals surface area contributed by atoms with Gasteiger partial charge < -0.3 is 23.7 Å². The second kappa shape index (κ2) is 9.46. The van der Waals surface area contributed by atoms with Gasteiger partial charge in [-0.3, -0.25) is 0 Å². The second-order valence-electron chi connectivity index (χ2n) is 6.68. The highest BCUT2D eigenvalue weighted by atomic mass is 16.5. The van der Waals surface area contributed by atoms with E-state index in [1.807, 2.05) is 19.1 Å². The monoisotopic (exact) mass is 386 g/mol. The van der Waals surface area contributed by atoms with Crippen molar-refractivity contribution in [2.24, 2.45) is 0 Å². The summed E-state index contributed by atoms with van der Waals surface area (Å²) in [4.78, 5) is 12.3. The highest BCUT2D eigenvalue weighted by Crippen LogP contribution is 2.30. The fraction of sp³-hybridized carbons (Fsp3) is 0.409. The molecule has 1 aliphatic rings. The minimum atomic E-state index is -0.389. The smallest absolute Gasteiger partial charge is 0.338 e. The number of carbonyl (C=O) groups is 1. The molecule has 3 rings (SSSR count). The van der Waals surface area contributed by atoms with Crippen LogP contribution in [-0.4, -0.2) is 39.5 Å². The molecule has 150 valence electrons. The van der Waals surface area contributed by atoms with Crippen molar-refractivity contribution in [1.82, 2.24) is 0 Å². The minimum Gasteiger partial charge on any atom is -0.493 e. The van der Waals surface area contributed by atoms with Crippen molar-refractivity contribution in [3.05, 3.63) is 53.1 Å². The Labute approximate surface area is 165 Å². The van der Waals surface area contributed by atoms with E-state index in [1.54, 1.807) is 38.5 Å². The molecule has 6 heteroatoms. The fourth-order valence-corrected chi connectivity index (χ4v) is 3.06. The fourth-order valence-electron chi connectivity index (χ4n) is 3.06. The summed E-state index contributed by atoms with van der Waals surface area (Å²) in [5, 5.41) is 0. The number of hydrogen-bond acceptors (Lipinski definition) is 6. The van der Waals surface area contributed by atoms with Crippen LogP contribution >= 0.6 is 0 Å². The first kappa shape index (κ1) is 20.0. The molecule has 0 radical (unpaired) electrons. The molecule has 0 N–H and O–H groups in total. The summed E-state index contributed by atoms with van der Waals surface area (Å²) in [6.07, 6.45) is 2.27. The van der Waals surface area contributed by atoms with Crippen LogP contribution in [0.15, 0.2) is 36.4 Å². The summed E-state index contributed by atoms with van der Waals surface area (Å²) in [6, 6.07) is 10.6. The summed E-state index contributed by atoms with van der Waals surface area (Å²) >= 11 is 0. The number of methoxy groups -OCH3 is 2. The summed E-state index contributed by atoms with van der Waals surface area (Å²) < 4.78 is 27.3. The zero-order valence-electron chi connectivity index (χ0n) is 16.5. The van der Waals surface area contributed by atoms with Gasteiger partial charge in [0.05, 0.1) is 25.9 Å².